The first-order chi connectivity index (χ1) is 9.56. The lowest BCUT2D eigenvalue weighted by Gasteiger charge is -2.32. The summed E-state index contributed by atoms with van der Waals surface area (Å²) in [7, 11) is 0. The molecule has 2 atom stereocenters. The molecule has 112 valence electrons. The average molecular weight is 300 g/mol. The molecule has 0 saturated carbocycles. The maximum absolute atomic E-state index is 13.5. The van der Waals surface area contributed by atoms with E-state index in [4.69, 9.17) is 16.3 Å². The average Bonchev–Trinajstić information content (AvgIpc) is 2.37. The minimum Gasteiger partial charge on any atom is -0.373 e. The van der Waals surface area contributed by atoms with Crippen molar-refractivity contribution in [3.05, 3.63) is 34.6 Å². The molecule has 1 aliphatic rings. The molecule has 20 heavy (non-hydrogen) atoms. The van der Waals surface area contributed by atoms with Crippen LogP contribution in [0.25, 0.3) is 0 Å². The fourth-order valence-corrected chi connectivity index (χ4v) is 2.95. The Morgan fingerprint density at radius 1 is 1.40 bits per heavy atom. The number of nitrogens with one attached hydrogen (secondary N) is 1. The smallest absolute Gasteiger partial charge is 0.125 e. The summed E-state index contributed by atoms with van der Waals surface area (Å²) in [5.41, 5.74) is 0.853. The van der Waals surface area contributed by atoms with Crippen molar-refractivity contribution in [1.29, 1.82) is 0 Å². The largest absolute Gasteiger partial charge is 0.373 e. The predicted molar refractivity (Wildman–Crippen MR) is 80.5 cm³/mol. The summed E-state index contributed by atoms with van der Waals surface area (Å²) in [6, 6.07) is 4.69. The number of hydrogen-bond acceptors (Lipinski definition) is 2. The molecule has 1 aromatic rings. The van der Waals surface area contributed by atoms with Gasteiger partial charge in [-0.1, -0.05) is 25.4 Å². The van der Waals surface area contributed by atoms with Gasteiger partial charge in [0.05, 0.1) is 6.10 Å². The van der Waals surface area contributed by atoms with Crippen LogP contribution in [0.2, 0.25) is 5.02 Å². The Morgan fingerprint density at radius 3 is 2.90 bits per heavy atom. The normalized spacial score (nSPS) is 23.2. The van der Waals surface area contributed by atoms with E-state index in [0.29, 0.717) is 16.9 Å². The van der Waals surface area contributed by atoms with Crippen molar-refractivity contribution in [2.75, 3.05) is 19.7 Å². The standard InChI is InChI=1S/C16H23ClFNO/c1-11(2)9-19-10-12-4-3-5-20-16(12)13-6-14(17)8-15(18)7-13/h6-8,11-12,16,19H,3-5,9-10H2,1-2H3. The number of rotatable bonds is 5. The molecule has 1 N–H and O–H groups in total. The number of benzene rings is 1. The molecular weight excluding hydrogens is 277 g/mol. The SMILES string of the molecule is CC(C)CNCC1CCCOC1c1cc(F)cc(Cl)c1. The molecule has 1 aliphatic heterocycles. The molecule has 0 spiro atoms. The summed E-state index contributed by atoms with van der Waals surface area (Å²) in [4.78, 5) is 0. The van der Waals surface area contributed by atoms with Gasteiger partial charge in [-0.25, -0.2) is 4.39 Å². The van der Waals surface area contributed by atoms with E-state index >= 15 is 0 Å². The Balaban J connectivity index is 2.05. The van der Waals surface area contributed by atoms with Crippen LogP contribution in [-0.2, 0) is 4.74 Å². The minimum absolute atomic E-state index is 0.0587. The zero-order chi connectivity index (χ0) is 14.5. The summed E-state index contributed by atoms with van der Waals surface area (Å²) in [5, 5.41) is 3.91. The van der Waals surface area contributed by atoms with E-state index < -0.39 is 0 Å². The third-order valence-electron chi connectivity index (χ3n) is 3.62. The summed E-state index contributed by atoms with van der Waals surface area (Å²) < 4.78 is 19.4. The van der Waals surface area contributed by atoms with Gasteiger partial charge in [-0.2, -0.15) is 0 Å². The van der Waals surface area contributed by atoms with Crippen LogP contribution in [0, 0.1) is 17.7 Å². The molecule has 1 aromatic carbocycles. The Labute approximate surface area is 125 Å². The minimum atomic E-state index is -0.296. The highest BCUT2D eigenvalue weighted by Crippen LogP contribution is 2.34. The highest BCUT2D eigenvalue weighted by Gasteiger charge is 2.27. The van der Waals surface area contributed by atoms with Crippen molar-refractivity contribution in [1.82, 2.24) is 5.32 Å². The zero-order valence-corrected chi connectivity index (χ0v) is 12.9. The van der Waals surface area contributed by atoms with Gasteiger partial charge in [0.2, 0.25) is 0 Å². The van der Waals surface area contributed by atoms with E-state index in [1.165, 1.54) is 12.1 Å². The molecule has 0 radical (unpaired) electrons. The van der Waals surface area contributed by atoms with E-state index in [1.54, 1.807) is 0 Å². The van der Waals surface area contributed by atoms with Crippen molar-refractivity contribution < 1.29 is 9.13 Å². The van der Waals surface area contributed by atoms with Gasteiger partial charge in [0, 0.05) is 24.1 Å². The van der Waals surface area contributed by atoms with Crippen molar-refractivity contribution in [2.24, 2.45) is 11.8 Å². The van der Waals surface area contributed by atoms with Gasteiger partial charge >= 0.3 is 0 Å². The Bertz CT molecular complexity index is 418. The molecule has 0 amide bonds. The molecule has 2 rings (SSSR count). The lowest BCUT2D eigenvalue weighted by Crippen LogP contribution is -2.33. The summed E-state index contributed by atoms with van der Waals surface area (Å²) >= 11 is 5.95. The molecular formula is C16H23ClFNO. The molecule has 0 aliphatic carbocycles. The summed E-state index contributed by atoms with van der Waals surface area (Å²) in [6.07, 6.45) is 2.11. The molecule has 2 unspecified atom stereocenters. The highest BCUT2D eigenvalue weighted by molar-refractivity contribution is 6.30. The third kappa shape index (κ3) is 4.44. The number of ether oxygens (including phenoxy) is 1. The predicted octanol–water partition coefficient (Wildman–Crippen LogP) is 4.19. The van der Waals surface area contributed by atoms with Gasteiger partial charge < -0.3 is 10.1 Å². The monoisotopic (exact) mass is 299 g/mol. The van der Waals surface area contributed by atoms with E-state index in [2.05, 4.69) is 19.2 Å². The van der Waals surface area contributed by atoms with Gasteiger partial charge in [0.1, 0.15) is 5.82 Å². The summed E-state index contributed by atoms with van der Waals surface area (Å²) in [5.74, 6) is 0.706. The first-order valence-corrected chi connectivity index (χ1v) is 7.72. The second-order valence-electron chi connectivity index (χ2n) is 5.95. The van der Waals surface area contributed by atoms with E-state index in [9.17, 15) is 4.39 Å². The van der Waals surface area contributed by atoms with Crippen LogP contribution in [0.15, 0.2) is 18.2 Å². The lowest BCUT2D eigenvalue weighted by atomic mass is 9.89. The third-order valence-corrected chi connectivity index (χ3v) is 3.84. The Kier molecular flexibility index (Phi) is 5.82. The van der Waals surface area contributed by atoms with Crippen LogP contribution in [0.4, 0.5) is 4.39 Å². The van der Waals surface area contributed by atoms with E-state index in [0.717, 1.165) is 38.1 Å². The fourth-order valence-electron chi connectivity index (χ4n) is 2.72. The van der Waals surface area contributed by atoms with Crippen LogP contribution < -0.4 is 5.32 Å². The number of hydrogen-bond donors (Lipinski definition) is 1. The summed E-state index contributed by atoms with van der Waals surface area (Å²) in [6.45, 7) is 7.01. The lowest BCUT2D eigenvalue weighted by molar-refractivity contribution is -0.0280. The topological polar surface area (TPSA) is 21.3 Å². The van der Waals surface area contributed by atoms with Crippen LogP contribution in [0.3, 0.4) is 0 Å². The van der Waals surface area contributed by atoms with E-state index in [-0.39, 0.29) is 11.9 Å². The molecule has 1 heterocycles. The number of halogens is 2. The van der Waals surface area contributed by atoms with Crippen molar-refractivity contribution in [3.8, 4) is 0 Å². The first kappa shape index (κ1) is 15.7. The molecule has 2 nitrogen and oxygen atoms in total. The molecule has 1 fully saturated rings. The van der Waals surface area contributed by atoms with Crippen molar-refractivity contribution in [2.45, 2.75) is 32.8 Å². The van der Waals surface area contributed by atoms with Crippen molar-refractivity contribution >= 4 is 11.6 Å². The van der Waals surface area contributed by atoms with Gasteiger partial charge in [0.25, 0.3) is 0 Å². The first-order valence-electron chi connectivity index (χ1n) is 7.34. The molecule has 1 saturated heterocycles. The molecule has 0 bridgehead atoms. The van der Waals surface area contributed by atoms with E-state index in [1.807, 2.05) is 6.07 Å². The maximum atomic E-state index is 13.5. The quantitative estimate of drug-likeness (QED) is 0.880. The maximum Gasteiger partial charge on any atom is 0.125 e. The Hall–Kier alpha value is -0.640. The van der Waals surface area contributed by atoms with Gasteiger partial charge in [0.15, 0.2) is 0 Å². The zero-order valence-electron chi connectivity index (χ0n) is 12.2. The second-order valence-corrected chi connectivity index (χ2v) is 6.39. The fraction of sp³-hybridized carbons (Fsp3) is 0.625. The van der Waals surface area contributed by atoms with Crippen molar-refractivity contribution in [3.63, 3.8) is 0 Å². The molecule has 0 aromatic heterocycles. The second kappa shape index (κ2) is 7.39. The van der Waals surface area contributed by atoms with Crippen LogP contribution in [-0.4, -0.2) is 19.7 Å². The Morgan fingerprint density at radius 2 is 2.20 bits per heavy atom. The molecule has 4 heteroatoms. The van der Waals surface area contributed by atoms with Gasteiger partial charge in [-0.05, 0) is 49.1 Å². The van der Waals surface area contributed by atoms with Crippen LogP contribution >= 0.6 is 11.6 Å². The van der Waals surface area contributed by atoms with Gasteiger partial charge in [-0.3, -0.25) is 0 Å². The van der Waals surface area contributed by atoms with Crippen LogP contribution in [0.5, 0.6) is 0 Å². The van der Waals surface area contributed by atoms with Gasteiger partial charge in [-0.15, -0.1) is 0 Å². The highest BCUT2D eigenvalue weighted by atomic mass is 35.5. The van der Waals surface area contributed by atoms with Crippen LogP contribution in [0.1, 0.15) is 38.4 Å².